The molecule has 1 amide bonds. The smallest absolute Gasteiger partial charge is 0.262 e. The number of terminal acetylenes is 1. The summed E-state index contributed by atoms with van der Waals surface area (Å²) in [7, 11) is 0. The molecule has 0 radical (unpaired) electrons. The lowest BCUT2D eigenvalue weighted by atomic mass is 10.1. The Bertz CT molecular complexity index is 414. The van der Waals surface area contributed by atoms with E-state index in [1.165, 1.54) is 23.1 Å². The van der Waals surface area contributed by atoms with Gasteiger partial charge in [0.25, 0.3) is 5.91 Å². The van der Waals surface area contributed by atoms with Gasteiger partial charge in [-0.3, -0.25) is 4.79 Å². The van der Waals surface area contributed by atoms with Gasteiger partial charge in [-0.05, 0) is 19.1 Å². The molecule has 0 saturated carbocycles. The first-order valence-corrected chi connectivity index (χ1v) is 4.85. The number of carbonyl (C=O) groups excluding carboxylic acids is 1. The molecule has 2 N–H and O–H groups in total. The van der Waals surface area contributed by atoms with E-state index < -0.39 is 5.91 Å². The van der Waals surface area contributed by atoms with Gasteiger partial charge < -0.3 is 15.1 Å². The zero-order chi connectivity index (χ0) is 12.1. The number of hydrogen-bond donors (Lipinski definition) is 2. The Labute approximate surface area is 94.1 Å². The van der Waals surface area contributed by atoms with Crippen LogP contribution in [0, 0.1) is 12.3 Å². The number of nitrogens with zero attached hydrogens (tertiary/aromatic N) is 1. The third-order valence-corrected chi connectivity index (χ3v) is 2.19. The van der Waals surface area contributed by atoms with Crippen LogP contribution in [0.4, 0.5) is 0 Å². The molecule has 0 bridgehead atoms. The molecular formula is C12H13NO3. The lowest BCUT2D eigenvalue weighted by Crippen LogP contribution is -2.31. The fourth-order valence-corrected chi connectivity index (χ4v) is 1.34. The predicted octanol–water partition coefficient (Wildman–Crippen LogP) is 1.19. The largest absolute Gasteiger partial charge is 0.507 e. The van der Waals surface area contributed by atoms with E-state index >= 15 is 0 Å². The normalized spacial score (nSPS) is 9.50. The first-order chi connectivity index (χ1) is 7.61. The highest BCUT2D eigenvalue weighted by Gasteiger charge is 2.20. The quantitative estimate of drug-likeness (QED) is 0.751. The van der Waals surface area contributed by atoms with Gasteiger partial charge in [0.05, 0.1) is 6.54 Å². The molecule has 0 fully saturated rings. The second-order valence-corrected chi connectivity index (χ2v) is 3.19. The Kier molecular flexibility index (Phi) is 3.78. The van der Waals surface area contributed by atoms with E-state index in [0.717, 1.165) is 0 Å². The van der Waals surface area contributed by atoms with Crippen LogP contribution in [0.5, 0.6) is 11.5 Å². The van der Waals surface area contributed by atoms with Crippen molar-refractivity contribution in [3.05, 3.63) is 23.8 Å². The molecule has 0 spiro atoms. The summed E-state index contributed by atoms with van der Waals surface area (Å²) in [6.45, 7) is 2.33. The Morgan fingerprint density at radius 3 is 2.44 bits per heavy atom. The van der Waals surface area contributed by atoms with Gasteiger partial charge in [0.1, 0.15) is 17.1 Å². The van der Waals surface area contributed by atoms with E-state index in [4.69, 9.17) is 6.42 Å². The minimum Gasteiger partial charge on any atom is -0.507 e. The van der Waals surface area contributed by atoms with Crippen LogP contribution in [0.15, 0.2) is 18.2 Å². The van der Waals surface area contributed by atoms with Crippen LogP contribution in [0.1, 0.15) is 17.3 Å². The van der Waals surface area contributed by atoms with Crippen molar-refractivity contribution >= 4 is 5.91 Å². The number of phenols is 2. The number of phenolic OH excluding ortho intramolecular Hbond substituents is 2. The Hall–Kier alpha value is -2.15. The predicted molar refractivity (Wildman–Crippen MR) is 60.2 cm³/mol. The number of hydrogen-bond acceptors (Lipinski definition) is 3. The molecular weight excluding hydrogens is 206 g/mol. The van der Waals surface area contributed by atoms with Crippen molar-refractivity contribution in [3.63, 3.8) is 0 Å². The number of benzene rings is 1. The van der Waals surface area contributed by atoms with Crippen molar-refractivity contribution in [2.24, 2.45) is 0 Å². The maximum Gasteiger partial charge on any atom is 0.262 e. The zero-order valence-electron chi connectivity index (χ0n) is 8.97. The van der Waals surface area contributed by atoms with Gasteiger partial charge in [-0.15, -0.1) is 6.42 Å². The van der Waals surface area contributed by atoms with Crippen LogP contribution in [-0.2, 0) is 0 Å². The van der Waals surface area contributed by atoms with Crippen LogP contribution in [0.2, 0.25) is 0 Å². The molecule has 4 nitrogen and oxygen atoms in total. The third-order valence-electron chi connectivity index (χ3n) is 2.19. The first kappa shape index (κ1) is 11.9. The molecule has 0 aliphatic rings. The van der Waals surface area contributed by atoms with Crippen molar-refractivity contribution in [2.75, 3.05) is 13.1 Å². The average Bonchev–Trinajstić information content (AvgIpc) is 2.25. The second-order valence-electron chi connectivity index (χ2n) is 3.19. The lowest BCUT2D eigenvalue weighted by Gasteiger charge is -2.18. The molecule has 16 heavy (non-hydrogen) atoms. The standard InChI is InChI=1S/C12H13NO3/c1-3-8-13(4-2)12(16)11-9(14)6-5-7-10(11)15/h1,5-7,14-15H,4,8H2,2H3. The molecule has 0 aromatic heterocycles. The Balaban J connectivity index is 3.09. The Morgan fingerprint density at radius 2 is 2.00 bits per heavy atom. The summed E-state index contributed by atoms with van der Waals surface area (Å²) < 4.78 is 0. The van der Waals surface area contributed by atoms with Gasteiger partial charge in [0.15, 0.2) is 0 Å². The van der Waals surface area contributed by atoms with Gasteiger partial charge in [-0.1, -0.05) is 12.0 Å². The summed E-state index contributed by atoms with van der Waals surface area (Å²) in [5.74, 6) is 1.38. The van der Waals surface area contributed by atoms with E-state index in [-0.39, 0.29) is 23.6 Å². The molecule has 84 valence electrons. The highest BCUT2D eigenvalue weighted by molar-refractivity contribution is 5.99. The highest BCUT2D eigenvalue weighted by atomic mass is 16.3. The van der Waals surface area contributed by atoms with Crippen LogP contribution >= 0.6 is 0 Å². The zero-order valence-corrected chi connectivity index (χ0v) is 8.97. The summed E-state index contributed by atoms with van der Waals surface area (Å²) >= 11 is 0. The molecule has 0 saturated heterocycles. The van der Waals surface area contributed by atoms with Crippen molar-refractivity contribution in [1.29, 1.82) is 0 Å². The van der Waals surface area contributed by atoms with Gasteiger partial charge in [-0.2, -0.15) is 0 Å². The van der Waals surface area contributed by atoms with Crippen LogP contribution in [0.25, 0.3) is 0 Å². The summed E-state index contributed by atoms with van der Waals surface area (Å²) in [4.78, 5) is 13.3. The SMILES string of the molecule is C#CCN(CC)C(=O)c1c(O)cccc1O. The molecule has 0 atom stereocenters. The molecule has 4 heteroatoms. The van der Waals surface area contributed by atoms with E-state index in [9.17, 15) is 15.0 Å². The van der Waals surface area contributed by atoms with E-state index in [2.05, 4.69) is 5.92 Å². The number of aromatic hydroxyl groups is 2. The Morgan fingerprint density at radius 1 is 1.44 bits per heavy atom. The number of amides is 1. The third kappa shape index (κ3) is 2.26. The van der Waals surface area contributed by atoms with Crippen molar-refractivity contribution < 1.29 is 15.0 Å². The summed E-state index contributed by atoms with van der Waals surface area (Å²) in [5, 5.41) is 19.0. The maximum atomic E-state index is 11.9. The van der Waals surface area contributed by atoms with Crippen molar-refractivity contribution in [1.82, 2.24) is 4.90 Å². The summed E-state index contributed by atoms with van der Waals surface area (Å²) in [5.41, 5.74) is -0.111. The second kappa shape index (κ2) is 5.08. The first-order valence-electron chi connectivity index (χ1n) is 4.85. The van der Waals surface area contributed by atoms with E-state index in [0.29, 0.717) is 6.54 Å². The highest BCUT2D eigenvalue weighted by Crippen LogP contribution is 2.27. The van der Waals surface area contributed by atoms with Gasteiger partial charge in [0.2, 0.25) is 0 Å². The molecule has 1 aromatic rings. The average molecular weight is 219 g/mol. The summed E-state index contributed by atoms with van der Waals surface area (Å²) in [6.07, 6.45) is 5.13. The minimum atomic E-state index is -0.476. The van der Waals surface area contributed by atoms with Crippen molar-refractivity contribution in [2.45, 2.75) is 6.92 Å². The van der Waals surface area contributed by atoms with E-state index in [1.54, 1.807) is 6.92 Å². The summed E-state index contributed by atoms with van der Waals surface area (Å²) in [6, 6.07) is 4.15. The van der Waals surface area contributed by atoms with Crippen LogP contribution < -0.4 is 0 Å². The molecule has 0 aliphatic heterocycles. The number of carbonyl (C=O) groups is 1. The van der Waals surface area contributed by atoms with Gasteiger partial charge >= 0.3 is 0 Å². The van der Waals surface area contributed by atoms with E-state index in [1.807, 2.05) is 0 Å². The molecule has 0 aliphatic carbocycles. The number of rotatable bonds is 3. The topological polar surface area (TPSA) is 60.8 Å². The monoisotopic (exact) mass is 219 g/mol. The maximum absolute atomic E-state index is 11.9. The fourth-order valence-electron chi connectivity index (χ4n) is 1.34. The molecule has 0 heterocycles. The van der Waals surface area contributed by atoms with Gasteiger partial charge in [-0.25, -0.2) is 0 Å². The fraction of sp³-hybridized carbons (Fsp3) is 0.250. The van der Waals surface area contributed by atoms with Gasteiger partial charge in [0, 0.05) is 6.54 Å². The molecule has 0 unspecified atom stereocenters. The molecule has 1 rings (SSSR count). The molecule has 1 aromatic carbocycles. The minimum absolute atomic E-state index is 0.111. The lowest BCUT2D eigenvalue weighted by molar-refractivity contribution is 0.0778. The van der Waals surface area contributed by atoms with Crippen molar-refractivity contribution in [3.8, 4) is 23.8 Å². The van der Waals surface area contributed by atoms with Crippen LogP contribution in [-0.4, -0.2) is 34.1 Å². The van der Waals surface area contributed by atoms with Crippen LogP contribution in [0.3, 0.4) is 0 Å².